The molecule has 0 aliphatic heterocycles. The first-order valence-corrected chi connectivity index (χ1v) is 5.57. The van der Waals surface area contributed by atoms with Gasteiger partial charge in [-0.05, 0) is 36.4 Å². The van der Waals surface area contributed by atoms with Gasteiger partial charge in [0.15, 0.2) is 0 Å². The standard InChI is InChI=1S/C14H9F2N3O/c15-9-1-3-11(13(18)6-9)14(20)19-10-2-4-12(16)8(5-10)7-17/h1-6H,18H2,(H,19,20). The summed E-state index contributed by atoms with van der Waals surface area (Å²) in [6, 6.07) is 8.63. The highest BCUT2D eigenvalue weighted by Crippen LogP contribution is 2.18. The van der Waals surface area contributed by atoms with Crippen LogP contribution in [0.2, 0.25) is 0 Å². The Labute approximate surface area is 113 Å². The van der Waals surface area contributed by atoms with Crippen LogP contribution in [0.15, 0.2) is 36.4 Å². The highest BCUT2D eigenvalue weighted by molar-refractivity contribution is 6.07. The normalized spacial score (nSPS) is 9.85. The zero-order valence-electron chi connectivity index (χ0n) is 10.2. The van der Waals surface area contributed by atoms with Crippen LogP contribution < -0.4 is 11.1 Å². The van der Waals surface area contributed by atoms with Crippen LogP contribution in [0, 0.1) is 23.0 Å². The lowest BCUT2D eigenvalue weighted by Crippen LogP contribution is -2.14. The van der Waals surface area contributed by atoms with Gasteiger partial charge in [0.05, 0.1) is 11.1 Å². The van der Waals surface area contributed by atoms with Gasteiger partial charge in [0, 0.05) is 11.4 Å². The molecule has 2 aromatic rings. The number of nitrogens with zero attached hydrogens (tertiary/aromatic N) is 1. The van der Waals surface area contributed by atoms with E-state index >= 15 is 0 Å². The van der Waals surface area contributed by atoms with Crippen molar-refractivity contribution in [1.82, 2.24) is 0 Å². The van der Waals surface area contributed by atoms with Crippen LogP contribution in [-0.2, 0) is 0 Å². The maximum Gasteiger partial charge on any atom is 0.257 e. The molecule has 0 aliphatic rings. The number of hydrogen-bond donors (Lipinski definition) is 2. The number of carbonyl (C=O) groups is 1. The van der Waals surface area contributed by atoms with Crippen molar-refractivity contribution in [2.45, 2.75) is 0 Å². The van der Waals surface area contributed by atoms with Crippen LogP contribution in [-0.4, -0.2) is 5.91 Å². The maximum atomic E-state index is 13.1. The topological polar surface area (TPSA) is 78.9 Å². The number of benzene rings is 2. The summed E-state index contributed by atoms with van der Waals surface area (Å²) in [6.45, 7) is 0. The van der Waals surface area contributed by atoms with Crippen LogP contribution >= 0.6 is 0 Å². The molecule has 0 radical (unpaired) electrons. The number of nitriles is 1. The molecule has 0 bridgehead atoms. The Morgan fingerprint density at radius 3 is 2.60 bits per heavy atom. The summed E-state index contributed by atoms with van der Waals surface area (Å²) in [5.74, 6) is -1.79. The summed E-state index contributed by atoms with van der Waals surface area (Å²) in [7, 11) is 0. The third-order valence-electron chi connectivity index (χ3n) is 2.60. The van der Waals surface area contributed by atoms with E-state index in [2.05, 4.69) is 5.32 Å². The lowest BCUT2D eigenvalue weighted by molar-refractivity contribution is 0.102. The Balaban J connectivity index is 2.26. The molecule has 2 rings (SSSR count). The average molecular weight is 273 g/mol. The lowest BCUT2D eigenvalue weighted by atomic mass is 10.1. The summed E-state index contributed by atoms with van der Waals surface area (Å²) in [4.78, 5) is 11.9. The molecule has 6 heteroatoms. The number of nitrogens with two attached hydrogens (primary N) is 1. The summed E-state index contributed by atoms with van der Waals surface area (Å²) in [5.41, 5.74) is 5.69. The molecule has 1 amide bonds. The molecule has 0 aliphatic carbocycles. The van der Waals surface area contributed by atoms with Crippen LogP contribution in [0.3, 0.4) is 0 Å². The Morgan fingerprint density at radius 2 is 1.95 bits per heavy atom. The molecule has 100 valence electrons. The number of anilines is 2. The van der Waals surface area contributed by atoms with Gasteiger partial charge in [-0.3, -0.25) is 4.79 Å². The van der Waals surface area contributed by atoms with Crippen molar-refractivity contribution in [1.29, 1.82) is 5.26 Å². The molecule has 0 unspecified atom stereocenters. The Bertz CT molecular complexity index is 723. The van der Waals surface area contributed by atoms with Gasteiger partial charge in [-0.2, -0.15) is 5.26 Å². The van der Waals surface area contributed by atoms with Crippen molar-refractivity contribution in [3.63, 3.8) is 0 Å². The Morgan fingerprint density at radius 1 is 1.20 bits per heavy atom. The van der Waals surface area contributed by atoms with Crippen molar-refractivity contribution in [3.05, 3.63) is 59.2 Å². The van der Waals surface area contributed by atoms with Crippen molar-refractivity contribution in [3.8, 4) is 6.07 Å². The fourth-order valence-corrected chi connectivity index (χ4v) is 1.63. The van der Waals surface area contributed by atoms with Crippen LogP contribution in [0.1, 0.15) is 15.9 Å². The van der Waals surface area contributed by atoms with E-state index in [0.29, 0.717) is 0 Å². The second-order valence-electron chi connectivity index (χ2n) is 3.99. The zero-order valence-corrected chi connectivity index (χ0v) is 10.2. The lowest BCUT2D eigenvalue weighted by Gasteiger charge is -2.08. The minimum atomic E-state index is -0.674. The molecule has 20 heavy (non-hydrogen) atoms. The van der Waals surface area contributed by atoms with Gasteiger partial charge < -0.3 is 11.1 Å². The average Bonchev–Trinajstić information content (AvgIpc) is 2.40. The third-order valence-corrected chi connectivity index (χ3v) is 2.60. The first-order chi connectivity index (χ1) is 9.51. The predicted molar refractivity (Wildman–Crippen MR) is 69.9 cm³/mol. The van der Waals surface area contributed by atoms with E-state index in [1.54, 1.807) is 6.07 Å². The minimum Gasteiger partial charge on any atom is -0.398 e. The molecule has 0 spiro atoms. The molecule has 4 nitrogen and oxygen atoms in total. The summed E-state index contributed by atoms with van der Waals surface area (Å²) in [5, 5.41) is 11.2. The van der Waals surface area contributed by atoms with E-state index in [4.69, 9.17) is 11.0 Å². The first-order valence-electron chi connectivity index (χ1n) is 5.57. The van der Waals surface area contributed by atoms with E-state index in [-0.39, 0.29) is 22.5 Å². The second kappa shape index (κ2) is 5.36. The number of nitrogen functional groups attached to an aromatic ring is 1. The maximum absolute atomic E-state index is 13.1. The van der Waals surface area contributed by atoms with Gasteiger partial charge in [0.25, 0.3) is 5.91 Å². The monoisotopic (exact) mass is 273 g/mol. The SMILES string of the molecule is N#Cc1cc(NC(=O)c2ccc(F)cc2N)ccc1F. The van der Waals surface area contributed by atoms with Crippen LogP contribution in [0.5, 0.6) is 0 Å². The van der Waals surface area contributed by atoms with E-state index < -0.39 is 17.5 Å². The third kappa shape index (κ3) is 2.72. The molecule has 0 fully saturated rings. The number of carbonyl (C=O) groups excluding carboxylic acids is 1. The summed E-state index contributed by atoms with van der Waals surface area (Å²) < 4.78 is 26.0. The smallest absolute Gasteiger partial charge is 0.257 e. The number of amides is 1. The van der Waals surface area contributed by atoms with Crippen molar-refractivity contribution in [2.24, 2.45) is 0 Å². The molecule has 2 aromatic carbocycles. The van der Waals surface area contributed by atoms with E-state index in [1.807, 2.05) is 0 Å². The van der Waals surface area contributed by atoms with Gasteiger partial charge in [-0.15, -0.1) is 0 Å². The second-order valence-corrected chi connectivity index (χ2v) is 3.99. The molecule has 3 N–H and O–H groups in total. The van der Waals surface area contributed by atoms with Gasteiger partial charge >= 0.3 is 0 Å². The van der Waals surface area contributed by atoms with Gasteiger partial charge in [-0.1, -0.05) is 0 Å². The molecular weight excluding hydrogens is 264 g/mol. The summed E-state index contributed by atoms with van der Waals surface area (Å²) in [6.07, 6.45) is 0. The molecule has 0 atom stereocenters. The Kier molecular flexibility index (Phi) is 3.62. The molecule has 0 aromatic heterocycles. The van der Waals surface area contributed by atoms with Crippen molar-refractivity contribution < 1.29 is 13.6 Å². The molecule has 0 saturated carbocycles. The van der Waals surface area contributed by atoms with Crippen LogP contribution in [0.4, 0.5) is 20.2 Å². The van der Waals surface area contributed by atoms with Crippen molar-refractivity contribution in [2.75, 3.05) is 11.1 Å². The van der Waals surface area contributed by atoms with E-state index in [9.17, 15) is 13.6 Å². The van der Waals surface area contributed by atoms with E-state index in [0.717, 1.165) is 18.2 Å². The number of nitrogens with one attached hydrogen (secondary N) is 1. The van der Waals surface area contributed by atoms with Gasteiger partial charge in [0.2, 0.25) is 0 Å². The van der Waals surface area contributed by atoms with Gasteiger partial charge in [-0.25, -0.2) is 8.78 Å². The predicted octanol–water partition coefficient (Wildman–Crippen LogP) is 2.67. The summed E-state index contributed by atoms with van der Waals surface area (Å²) >= 11 is 0. The zero-order chi connectivity index (χ0) is 14.7. The number of rotatable bonds is 2. The van der Waals surface area contributed by atoms with E-state index in [1.165, 1.54) is 18.2 Å². The van der Waals surface area contributed by atoms with Crippen molar-refractivity contribution >= 4 is 17.3 Å². The minimum absolute atomic E-state index is 0.00915. The highest BCUT2D eigenvalue weighted by Gasteiger charge is 2.11. The fraction of sp³-hybridized carbons (Fsp3) is 0. The molecular formula is C14H9F2N3O. The molecule has 0 saturated heterocycles. The Hall–Kier alpha value is -2.94. The van der Waals surface area contributed by atoms with Crippen LogP contribution in [0.25, 0.3) is 0 Å². The van der Waals surface area contributed by atoms with Gasteiger partial charge in [0.1, 0.15) is 17.7 Å². The fourth-order valence-electron chi connectivity index (χ4n) is 1.63. The largest absolute Gasteiger partial charge is 0.398 e. The number of hydrogen-bond acceptors (Lipinski definition) is 3. The molecule has 0 heterocycles. The highest BCUT2D eigenvalue weighted by atomic mass is 19.1. The first kappa shape index (κ1) is 13.5. The quantitative estimate of drug-likeness (QED) is 0.825. The number of halogens is 2.